The fraction of sp³-hybridized carbons (Fsp3) is 0.696. The molecule has 7 nitrogen and oxygen atoms in total. The number of hydrogen-bond acceptors (Lipinski definition) is 6. The van der Waals surface area contributed by atoms with E-state index in [1.165, 1.54) is 4.90 Å². The average Bonchev–Trinajstić information content (AvgIpc) is 3.35. The summed E-state index contributed by atoms with van der Waals surface area (Å²) in [5, 5.41) is 9.55. The van der Waals surface area contributed by atoms with Crippen LogP contribution in [-0.4, -0.2) is 86.4 Å². The number of likely N-dealkylation sites (tertiary alicyclic amines) is 1. The van der Waals surface area contributed by atoms with Gasteiger partial charge in [0.25, 0.3) is 0 Å². The number of fused-ring (bicyclic) bond motifs is 1. The number of ether oxygens (including phenoxy) is 1. The number of unbranched alkanes of at least 4 members (excludes halogenated alkanes) is 1. The van der Waals surface area contributed by atoms with Gasteiger partial charge < -0.3 is 19.6 Å². The number of nitrogens with zero attached hydrogens (tertiary/aromatic N) is 2. The number of β-amino-alcohol motifs (C(OH)–C–C–N with tert-alkyl or cyclic N) is 1. The van der Waals surface area contributed by atoms with Gasteiger partial charge in [-0.25, -0.2) is 0 Å². The number of esters is 1. The van der Waals surface area contributed by atoms with Crippen molar-refractivity contribution in [1.82, 2.24) is 9.80 Å². The number of aliphatic hydroxyl groups excluding tert-OH is 1. The Morgan fingerprint density at radius 1 is 1.41 bits per heavy atom. The van der Waals surface area contributed by atoms with Crippen LogP contribution in [0.1, 0.15) is 32.6 Å². The second-order valence-corrected chi connectivity index (χ2v) is 11.3. The lowest BCUT2D eigenvalue weighted by Crippen LogP contribution is -2.55. The molecule has 0 aromatic carbocycles. The van der Waals surface area contributed by atoms with E-state index in [0.29, 0.717) is 25.9 Å². The van der Waals surface area contributed by atoms with Crippen molar-refractivity contribution in [2.45, 2.75) is 53.5 Å². The third-order valence-corrected chi connectivity index (χ3v) is 9.87. The number of thioether (sulfide) groups is 1. The molecule has 1 N–H and O–H groups in total. The maximum Gasteiger partial charge on any atom is 0.310 e. The normalized spacial score (nSPS) is 32.7. The number of halogens is 1. The van der Waals surface area contributed by atoms with Gasteiger partial charge in [0.15, 0.2) is 0 Å². The predicted molar refractivity (Wildman–Crippen MR) is 128 cm³/mol. The lowest BCUT2D eigenvalue weighted by atomic mass is 9.71. The third-order valence-electron chi connectivity index (χ3n) is 6.65. The predicted octanol–water partition coefficient (Wildman–Crippen LogP) is 2.38. The van der Waals surface area contributed by atoms with Crippen LogP contribution in [0.5, 0.6) is 0 Å². The molecule has 3 aliphatic rings. The molecule has 32 heavy (non-hydrogen) atoms. The highest BCUT2D eigenvalue weighted by Crippen LogP contribution is 2.67. The van der Waals surface area contributed by atoms with E-state index in [0.717, 1.165) is 12.8 Å². The van der Waals surface area contributed by atoms with Crippen LogP contribution in [0, 0.1) is 11.8 Å². The first-order valence-corrected chi connectivity index (χ1v) is 13.1. The smallest absolute Gasteiger partial charge is 0.310 e. The highest BCUT2D eigenvalue weighted by atomic mass is 79.9. The van der Waals surface area contributed by atoms with Gasteiger partial charge in [0.2, 0.25) is 11.8 Å². The Bertz CT molecular complexity index is 765. The van der Waals surface area contributed by atoms with E-state index in [-0.39, 0.29) is 47.6 Å². The first-order chi connectivity index (χ1) is 15.4. The van der Waals surface area contributed by atoms with Crippen LogP contribution in [0.15, 0.2) is 25.3 Å². The van der Waals surface area contributed by atoms with E-state index in [2.05, 4.69) is 36.0 Å². The van der Waals surface area contributed by atoms with Crippen molar-refractivity contribution in [3.8, 4) is 0 Å². The van der Waals surface area contributed by atoms with Gasteiger partial charge in [0.1, 0.15) is 6.04 Å². The molecule has 3 heterocycles. The fourth-order valence-electron chi connectivity index (χ4n) is 5.33. The zero-order valence-electron chi connectivity index (χ0n) is 18.6. The Hall–Kier alpha value is -1.32. The molecule has 0 aromatic heterocycles. The second-order valence-electron chi connectivity index (χ2n) is 8.59. The van der Waals surface area contributed by atoms with Crippen molar-refractivity contribution in [3.63, 3.8) is 0 Å². The monoisotopic (exact) mass is 528 g/mol. The van der Waals surface area contributed by atoms with E-state index >= 15 is 0 Å². The Labute approximate surface area is 202 Å². The molecule has 0 aliphatic carbocycles. The van der Waals surface area contributed by atoms with Crippen LogP contribution >= 0.6 is 27.7 Å². The van der Waals surface area contributed by atoms with E-state index in [9.17, 15) is 19.5 Å². The summed E-state index contributed by atoms with van der Waals surface area (Å²) < 4.78 is 4.77. The number of carbonyl (C=O) groups excluding carboxylic acids is 3. The highest BCUT2D eigenvalue weighted by Gasteiger charge is 2.76. The van der Waals surface area contributed by atoms with E-state index in [4.69, 9.17) is 4.74 Å². The number of aliphatic hydroxyl groups is 1. The van der Waals surface area contributed by atoms with Gasteiger partial charge >= 0.3 is 5.97 Å². The zero-order valence-corrected chi connectivity index (χ0v) is 21.0. The summed E-state index contributed by atoms with van der Waals surface area (Å²) in [6.45, 7) is 10.5. The summed E-state index contributed by atoms with van der Waals surface area (Å²) in [4.78, 5) is 43.7. The Morgan fingerprint density at radius 2 is 2.16 bits per heavy atom. The molecule has 0 aromatic rings. The SMILES string of the molecule is C=CCCOC(=O)[C@H]1[C@H]2C(=O)N(CCO)C(C(=O)N(CC=C)CCCC)C23CC(Br)[C@@H]1S3. The van der Waals surface area contributed by atoms with Crippen molar-refractivity contribution in [1.29, 1.82) is 0 Å². The second kappa shape index (κ2) is 10.7. The van der Waals surface area contributed by atoms with Gasteiger partial charge in [0.05, 0.1) is 29.8 Å². The molecule has 3 rings (SSSR count). The number of amides is 2. The Kier molecular flexibility index (Phi) is 8.49. The molecule has 1 spiro atoms. The summed E-state index contributed by atoms with van der Waals surface area (Å²) in [5.41, 5.74) is 0. The van der Waals surface area contributed by atoms with Crippen molar-refractivity contribution < 1.29 is 24.2 Å². The minimum atomic E-state index is -0.718. The van der Waals surface area contributed by atoms with Crippen molar-refractivity contribution in [3.05, 3.63) is 25.3 Å². The van der Waals surface area contributed by atoms with Crippen LogP contribution in [0.4, 0.5) is 0 Å². The summed E-state index contributed by atoms with van der Waals surface area (Å²) in [5.74, 6) is -1.99. The topological polar surface area (TPSA) is 87.1 Å². The summed E-state index contributed by atoms with van der Waals surface area (Å²) in [6.07, 6.45) is 6.33. The molecular weight excluding hydrogens is 496 g/mol. The van der Waals surface area contributed by atoms with Crippen LogP contribution in [0.25, 0.3) is 0 Å². The minimum absolute atomic E-state index is 0.00127. The number of carbonyl (C=O) groups is 3. The Morgan fingerprint density at radius 3 is 2.78 bits per heavy atom. The van der Waals surface area contributed by atoms with Gasteiger partial charge in [-0.3, -0.25) is 14.4 Å². The lowest BCUT2D eigenvalue weighted by molar-refractivity contribution is -0.154. The first-order valence-electron chi connectivity index (χ1n) is 11.3. The molecule has 0 radical (unpaired) electrons. The first kappa shape index (κ1) is 25.3. The van der Waals surface area contributed by atoms with Crippen molar-refractivity contribution in [2.24, 2.45) is 11.8 Å². The maximum absolute atomic E-state index is 13.8. The standard InChI is InChI=1S/C23H33BrN2O5S/c1-4-7-10-25(9-6-3)21(29)19-23-14-15(24)18(32-23)16(22(30)31-13-8-5-2)17(23)20(28)26(19)11-12-27/h5-6,15-19,27H,2-4,7-14H2,1H3/t15?,16-,17-,18-,19?,23?/m0/s1. The largest absolute Gasteiger partial charge is 0.465 e. The van der Waals surface area contributed by atoms with E-state index in [1.54, 1.807) is 28.8 Å². The van der Waals surface area contributed by atoms with Gasteiger partial charge in [-0.15, -0.1) is 24.9 Å². The molecule has 2 bridgehead atoms. The molecule has 9 heteroatoms. The summed E-state index contributed by atoms with van der Waals surface area (Å²) in [6, 6.07) is -0.718. The highest BCUT2D eigenvalue weighted by molar-refractivity contribution is 9.09. The molecule has 3 unspecified atom stereocenters. The number of hydrogen-bond donors (Lipinski definition) is 1. The van der Waals surface area contributed by atoms with Gasteiger partial charge in [-0.1, -0.05) is 41.4 Å². The van der Waals surface area contributed by atoms with Crippen LogP contribution in [-0.2, 0) is 19.1 Å². The molecule has 2 amide bonds. The average molecular weight is 529 g/mol. The van der Waals surface area contributed by atoms with Crippen molar-refractivity contribution in [2.75, 3.05) is 32.8 Å². The van der Waals surface area contributed by atoms with Gasteiger partial charge in [0, 0.05) is 29.7 Å². The zero-order chi connectivity index (χ0) is 23.5. The molecule has 6 atom stereocenters. The van der Waals surface area contributed by atoms with Crippen LogP contribution in [0.2, 0.25) is 0 Å². The number of rotatable bonds is 12. The lowest BCUT2D eigenvalue weighted by Gasteiger charge is -2.37. The van der Waals surface area contributed by atoms with Gasteiger partial charge in [-0.2, -0.15) is 0 Å². The molecule has 3 saturated heterocycles. The molecule has 3 fully saturated rings. The van der Waals surface area contributed by atoms with E-state index in [1.807, 2.05) is 0 Å². The van der Waals surface area contributed by atoms with Crippen LogP contribution in [0.3, 0.4) is 0 Å². The quantitative estimate of drug-likeness (QED) is 0.181. The molecule has 3 aliphatic heterocycles. The van der Waals surface area contributed by atoms with Crippen LogP contribution < -0.4 is 0 Å². The minimum Gasteiger partial charge on any atom is -0.465 e. The number of alkyl halides is 1. The molecule has 178 valence electrons. The maximum atomic E-state index is 13.8. The fourth-order valence-corrected chi connectivity index (χ4v) is 8.93. The summed E-state index contributed by atoms with van der Waals surface area (Å²) >= 11 is 5.29. The Balaban J connectivity index is 1.97. The van der Waals surface area contributed by atoms with E-state index < -0.39 is 22.6 Å². The molecular formula is C23H33BrN2O5S. The summed E-state index contributed by atoms with van der Waals surface area (Å²) in [7, 11) is 0. The van der Waals surface area contributed by atoms with Gasteiger partial charge in [-0.05, 0) is 19.3 Å². The molecule has 0 saturated carbocycles. The van der Waals surface area contributed by atoms with Crippen molar-refractivity contribution >= 4 is 45.5 Å². The third kappa shape index (κ3) is 4.28.